The van der Waals surface area contributed by atoms with Crippen LogP contribution >= 0.6 is 0 Å². The summed E-state index contributed by atoms with van der Waals surface area (Å²) in [6, 6.07) is -0.206. The van der Waals surface area contributed by atoms with Gasteiger partial charge in [-0.15, -0.1) is 0 Å². The van der Waals surface area contributed by atoms with Gasteiger partial charge in [-0.3, -0.25) is 4.79 Å². The van der Waals surface area contributed by atoms with Crippen LogP contribution < -0.4 is 5.32 Å². The molecule has 5 heteroatoms. The third-order valence-electron chi connectivity index (χ3n) is 3.74. The lowest BCUT2D eigenvalue weighted by Gasteiger charge is -2.27. The van der Waals surface area contributed by atoms with Crippen LogP contribution in [-0.4, -0.2) is 29.8 Å². The van der Waals surface area contributed by atoms with Gasteiger partial charge in [-0.05, 0) is 45.4 Å². The maximum Gasteiger partial charge on any atom is 0.408 e. The normalized spacial score (nSPS) is 23.6. The van der Waals surface area contributed by atoms with Gasteiger partial charge in [0.1, 0.15) is 11.7 Å². The maximum absolute atomic E-state index is 12.0. The van der Waals surface area contributed by atoms with Crippen LogP contribution in [0.3, 0.4) is 0 Å². The van der Waals surface area contributed by atoms with Crippen LogP contribution in [0.5, 0.6) is 0 Å². The number of alkyl carbamates (subject to hydrolysis) is 1. The second-order valence-corrected chi connectivity index (χ2v) is 7.94. The van der Waals surface area contributed by atoms with Crippen molar-refractivity contribution in [2.24, 2.45) is 17.8 Å². The first-order valence-electron chi connectivity index (χ1n) is 8.19. The van der Waals surface area contributed by atoms with E-state index in [2.05, 4.69) is 19.2 Å². The third kappa shape index (κ3) is 5.85. The van der Waals surface area contributed by atoms with E-state index in [1.807, 2.05) is 34.6 Å². The molecule has 1 fully saturated rings. The molecular weight excluding hydrogens is 282 g/mol. The number of carbonyl (C=O) groups is 2. The van der Waals surface area contributed by atoms with Gasteiger partial charge in [0, 0.05) is 0 Å². The highest BCUT2D eigenvalue weighted by molar-refractivity contribution is 5.75. The van der Waals surface area contributed by atoms with Gasteiger partial charge < -0.3 is 14.8 Å². The van der Waals surface area contributed by atoms with E-state index in [1.165, 1.54) is 0 Å². The lowest BCUT2D eigenvalue weighted by molar-refractivity contribution is -0.146. The highest BCUT2D eigenvalue weighted by atomic mass is 16.6. The molecule has 1 unspecified atom stereocenters. The molecule has 1 aliphatic heterocycles. The predicted molar refractivity (Wildman–Crippen MR) is 85.4 cm³/mol. The Hall–Kier alpha value is -1.26. The first-order chi connectivity index (χ1) is 9.99. The summed E-state index contributed by atoms with van der Waals surface area (Å²) in [5, 5.41) is 2.89. The largest absolute Gasteiger partial charge is 0.460 e. The summed E-state index contributed by atoms with van der Waals surface area (Å²) >= 11 is 0. The predicted octanol–water partition coefficient (Wildman–Crippen LogP) is 3.51. The number of cyclic esters (lactones) is 1. The number of carbonyl (C=O) groups excluding carboxylic acids is 2. The molecule has 1 amide bonds. The van der Waals surface area contributed by atoms with E-state index in [9.17, 15) is 9.59 Å². The van der Waals surface area contributed by atoms with Crippen molar-refractivity contribution in [3.05, 3.63) is 0 Å². The summed E-state index contributed by atoms with van der Waals surface area (Å²) < 4.78 is 10.8. The molecule has 1 saturated heterocycles. The number of amides is 1. The molecule has 0 aromatic rings. The molecule has 0 radical (unpaired) electrons. The number of esters is 1. The van der Waals surface area contributed by atoms with Crippen LogP contribution in [0.15, 0.2) is 0 Å². The molecule has 3 atom stereocenters. The van der Waals surface area contributed by atoms with Crippen LogP contribution in [0.2, 0.25) is 0 Å². The second kappa shape index (κ2) is 7.34. The molecular formula is C17H31NO4. The lowest BCUT2D eigenvalue weighted by Crippen LogP contribution is -2.46. The summed E-state index contributed by atoms with van der Waals surface area (Å²) in [7, 11) is 0. The Kier molecular flexibility index (Phi) is 6.27. The summed E-state index contributed by atoms with van der Waals surface area (Å²) in [5.41, 5.74) is -0.542. The van der Waals surface area contributed by atoms with Gasteiger partial charge >= 0.3 is 12.1 Å². The van der Waals surface area contributed by atoms with E-state index in [4.69, 9.17) is 9.47 Å². The standard InChI is InChI=1S/C17H31NO4/c1-10(2)8-13(18-16(20)22-17(5,6)7)14-9-12(11(3)4)15(19)21-14/h10-14H,8-9H2,1-7H3,(H,18,20)/t12-,13+,14?/m0/s1. The molecule has 0 bridgehead atoms. The number of rotatable bonds is 5. The molecule has 1 aliphatic rings. The Balaban J connectivity index is 2.73. The van der Waals surface area contributed by atoms with Gasteiger partial charge in [-0.25, -0.2) is 4.79 Å². The molecule has 0 aliphatic carbocycles. The number of hydrogen-bond acceptors (Lipinski definition) is 4. The molecule has 1 heterocycles. The Morgan fingerprint density at radius 2 is 1.91 bits per heavy atom. The minimum Gasteiger partial charge on any atom is -0.460 e. The minimum atomic E-state index is -0.542. The topological polar surface area (TPSA) is 64.6 Å². The highest BCUT2D eigenvalue weighted by Crippen LogP contribution is 2.31. The maximum atomic E-state index is 12.0. The summed E-state index contributed by atoms with van der Waals surface area (Å²) in [6.07, 6.45) is 0.683. The van der Waals surface area contributed by atoms with Crippen molar-refractivity contribution in [3.63, 3.8) is 0 Å². The van der Waals surface area contributed by atoms with Crippen molar-refractivity contribution in [2.45, 2.75) is 79.1 Å². The van der Waals surface area contributed by atoms with E-state index < -0.39 is 11.7 Å². The summed E-state index contributed by atoms with van der Waals surface area (Å²) in [6.45, 7) is 13.7. The fourth-order valence-electron chi connectivity index (χ4n) is 2.69. The molecule has 0 saturated carbocycles. The third-order valence-corrected chi connectivity index (χ3v) is 3.74. The van der Waals surface area contributed by atoms with E-state index in [0.29, 0.717) is 12.3 Å². The minimum absolute atomic E-state index is 0.0832. The van der Waals surface area contributed by atoms with Crippen molar-refractivity contribution in [3.8, 4) is 0 Å². The van der Waals surface area contributed by atoms with Crippen LogP contribution in [0, 0.1) is 17.8 Å². The van der Waals surface area contributed by atoms with E-state index in [1.54, 1.807) is 0 Å². The van der Waals surface area contributed by atoms with E-state index in [0.717, 1.165) is 6.42 Å². The van der Waals surface area contributed by atoms with Gasteiger partial charge in [0.15, 0.2) is 0 Å². The fourth-order valence-corrected chi connectivity index (χ4v) is 2.69. The van der Waals surface area contributed by atoms with Gasteiger partial charge in [0.05, 0.1) is 12.0 Å². The molecule has 128 valence electrons. The van der Waals surface area contributed by atoms with Gasteiger partial charge in [-0.2, -0.15) is 0 Å². The fraction of sp³-hybridized carbons (Fsp3) is 0.882. The summed E-state index contributed by atoms with van der Waals surface area (Å²) in [4.78, 5) is 24.0. The molecule has 0 aromatic heterocycles. The van der Waals surface area contributed by atoms with Crippen LogP contribution in [0.25, 0.3) is 0 Å². The zero-order chi connectivity index (χ0) is 17.1. The first kappa shape index (κ1) is 18.8. The zero-order valence-electron chi connectivity index (χ0n) is 14.9. The highest BCUT2D eigenvalue weighted by Gasteiger charge is 2.41. The van der Waals surface area contributed by atoms with Gasteiger partial charge in [0.25, 0.3) is 0 Å². The molecule has 0 spiro atoms. The second-order valence-electron chi connectivity index (χ2n) is 7.94. The molecule has 5 nitrogen and oxygen atoms in total. The SMILES string of the molecule is CC(C)C[C@@H](NC(=O)OC(C)(C)C)C1C[C@@H](C(C)C)C(=O)O1. The Morgan fingerprint density at radius 3 is 2.32 bits per heavy atom. The van der Waals surface area contributed by atoms with Crippen LogP contribution in [-0.2, 0) is 14.3 Å². The monoisotopic (exact) mass is 313 g/mol. The number of nitrogens with one attached hydrogen (secondary N) is 1. The van der Waals surface area contributed by atoms with Gasteiger partial charge in [-0.1, -0.05) is 27.7 Å². The van der Waals surface area contributed by atoms with Gasteiger partial charge in [0.2, 0.25) is 0 Å². The van der Waals surface area contributed by atoms with Crippen molar-refractivity contribution in [2.75, 3.05) is 0 Å². The number of hydrogen-bond donors (Lipinski definition) is 1. The number of ether oxygens (including phenoxy) is 2. The average Bonchev–Trinajstić information content (AvgIpc) is 2.67. The Morgan fingerprint density at radius 1 is 1.32 bits per heavy atom. The summed E-state index contributed by atoms with van der Waals surface area (Å²) in [5.74, 6) is 0.398. The molecule has 1 N–H and O–H groups in total. The van der Waals surface area contributed by atoms with Crippen molar-refractivity contribution in [1.82, 2.24) is 5.32 Å². The Labute approximate surface area is 134 Å². The molecule has 0 aromatic carbocycles. The first-order valence-corrected chi connectivity index (χ1v) is 8.19. The molecule has 22 heavy (non-hydrogen) atoms. The zero-order valence-corrected chi connectivity index (χ0v) is 14.9. The lowest BCUT2D eigenvalue weighted by atomic mass is 9.89. The molecule has 1 rings (SSSR count). The quantitative estimate of drug-likeness (QED) is 0.789. The van der Waals surface area contributed by atoms with Crippen molar-refractivity contribution >= 4 is 12.1 Å². The van der Waals surface area contributed by atoms with E-state index >= 15 is 0 Å². The van der Waals surface area contributed by atoms with Crippen molar-refractivity contribution in [1.29, 1.82) is 0 Å². The van der Waals surface area contributed by atoms with Crippen molar-refractivity contribution < 1.29 is 19.1 Å². The average molecular weight is 313 g/mol. The van der Waals surface area contributed by atoms with Crippen LogP contribution in [0.4, 0.5) is 4.79 Å². The Bertz CT molecular complexity index is 398. The van der Waals surface area contributed by atoms with E-state index in [-0.39, 0.29) is 30.0 Å². The van der Waals surface area contributed by atoms with Crippen LogP contribution in [0.1, 0.15) is 61.3 Å². The smallest absolute Gasteiger partial charge is 0.408 e.